The van der Waals surface area contributed by atoms with Gasteiger partial charge in [0.2, 0.25) is 11.8 Å². The Morgan fingerprint density at radius 3 is 2.26 bits per heavy atom. The van der Waals surface area contributed by atoms with Gasteiger partial charge in [-0.1, -0.05) is 30.3 Å². The molecule has 0 fully saturated rings. The van der Waals surface area contributed by atoms with Gasteiger partial charge in [-0.2, -0.15) is 0 Å². The maximum absolute atomic E-state index is 12.0. The molecule has 23 heavy (non-hydrogen) atoms. The largest absolute Gasteiger partial charge is 0.320 e. The third-order valence-electron chi connectivity index (χ3n) is 3.31. The first-order valence-electron chi connectivity index (χ1n) is 7.34. The van der Waals surface area contributed by atoms with Crippen LogP contribution in [0.1, 0.15) is 19.4 Å². The summed E-state index contributed by atoms with van der Waals surface area (Å²) in [6, 6.07) is 7.27. The molecular formula is C16H22ClN3O3. The standard InChI is InChI=1S/C16H22ClN3O3/c1-10(18)15(22)20-16(23)11(2)19-13(14(21)9-17)8-12-6-4-3-5-7-12/h3-7,10-11,13,19H,8-9,18H2,1-2H3,(H,20,22,23). The summed E-state index contributed by atoms with van der Waals surface area (Å²) in [5, 5.41) is 5.12. The summed E-state index contributed by atoms with van der Waals surface area (Å²) < 4.78 is 0. The summed E-state index contributed by atoms with van der Waals surface area (Å²) in [7, 11) is 0. The Labute approximate surface area is 140 Å². The van der Waals surface area contributed by atoms with Crippen LogP contribution in [0.15, 0.2) is 30.3 Å². The van der Waals surface area contributed by atoms with Crippen LogP contribution in [0.25, 0.3) is 0 Å². The van der Waals surface area contributed by atoms with E-state index in [2.05, 4.69) is 10.6 Å². The van der Waals surface area contributed by atoms with Crippen LogP contribution in [0.4, 0.5) is 0 Å². The van der Waals surface area contributed by atoms with Crippen molar-refractivity contribution in [2.24, 2.45) is 5.73 Å². The number of benzene rings is 1. The number of imide groups is 1. The first kappa shape index (κ1) is 19.3. The SMILES string of the molecule is CC(N)C(=O)NC(=O)C(C)NC(Cc1ccccc1)C(=O)CCl. The molecule has 7 heteroatoms. The molecule has 4 N–H and O–H groups in total. The van der Waals surface area contributed by atoms with Crippen LogP contribution in [0.2, 0.25) is 0 Å². The van der Waals surface area contributed by atoms with Crippen LogP contribution in [-0.2, 0) is 20.8 Å². The topological polar surface area (TPSA) is 101 Å². The Balaban J connectivity index is 2.71. The molecule has 0 aliphatic rings. The zero-order chi connectivity index (χ0) is 17.4. The van der Waals surface area contributed by atoms with Crippen LogP contribution >= 0.6 is 11.6 Å². The van der Waals surface area contributed by atoms with Gasteiger partial charge in [0.25, 0.3) is 0 Å². The lowest BCUT2D eigenvalue weighted by Gasteiger charge is -2.21. The van der Waals surface area contributed by atoms with E-state index in [1.165, 1.54) is 6.92 Å². The zero-order valence-electron chi connectivity index (χ0n) is 13.2. The van der Waals surface area contributed by atoms with Crippen molar-refractivity contribution in [3.63, 3.8) is 0 Å². The third-order valence-corrected chi connectivity index (χ3v) is 3.57. The summed E-state index contributed by atoms with van der Waals surface area (Å²) in [6.45, 7) is 3.05. The minimum absolute atomic E-state index is 0.155. The number of alkyl halides is 1. The van der Waals surface area contributed by atoms with Gasteiger partial charge < -0.3 is 5.73 Å². The molecule has 3 atom stereocenters. The highest BCUT2D eigenvalue weighted by molar-refractivity contribution is 6.28. The molecule has 0 aliphatic heterocycles. The molecule has 0 spiro atoms. The molecule has 0 heterocycles. The molecule has 0 saturated heterocycles. The van der Waals surface area contributed by atoms with Crippen LogP contribution in [-0.4, -0.2) is 41.6 Å². The Morgan fingerprint density at radius 1 is 1.13 bits per heavy atom. The molecule has 0 saturated carbocycles. The van der Waals surface area contributed by atoms with Crippen molar-refractivity contribution in [3.05, 3.63) is 35.9 Å². The molecular weight excluding hydrogens is 318 g/mol. The normalized spacial score (nSPS) is 14.6. The van der Waals surface area contributed by atoms with Crippen molar-refractivity contribution < 1.29 is 14.4 Å². The van der Waals surface area contributed by atoms with E-state index in [9.17, 15) is 14.4 Å². The number of ketones is 1. The summed E-state index contributed by atoms with van der Waals surface area (Å²) in [6.07, 6.45) is 0.408. The number of nitrogens with one attached hydrogen (secondary N) is 2. The fourth-order valence-corrected chi connectivity index (χ4v) is 2.12. The lowest BCUT2D eigenvalue weighted by Crippen LogP contribution is -2.53. The van der Waals surface area contributed by atoms with Gasteiger partial charge in [-0.05, 0) is 25.8 Å². The first-order chi connectivity index (χ1) is 10.8. The minimum Gasteiger partial charge on any atom is -0.320 e. The van der Waals surface area contributed by atoms with E-state index in [0.29, 0.717) is 6.42 Å². The van der Waals surface area contributed by atoms with Crippen LogP contribution in [0.3, 0.4) is 0 Å². The number of hydrogen-bond acceptors (Lipinski definition) is 5. The lowest BCUT2D eigenvalue weighted by molar-refractivity contribution is -0.132. The molecule has 0 aliphatic carbocycles. The molecule has 1 aromatic carbocycles. The number of rotatable bonds is 8. The number of Topliss-reactive ketones (excluding diaryl/α,β-unsaturated/α-hetero) is 1. The number of amides is 2. The average molecular weight is 340 g/mol. The lowest BCUT2D eigenvalue weighted by atomic mass is 10.0. The number of carbonyl (C=O) groups is 3. The average Bonchev–Trinajstić information content (AvgIpc) is 2.54. The Morgan fingerprint density at radius 2 is 1.74 bits per heavy atom. The van der Waals surface area contributed by atoms with Crippen molar-refractivity contribution >= 4 is 29.2 Å². The quantitative estimate of drug-likeness (QED) is 0.594. The molecule has 0 aromatic heterocycles. The monoisotopic (exact) mass is 339 g/mol. The van der Waals surface area contributed by atoms with Gasteiger partial charge >= 0.3 is 0 Å². The van der Waals surface area contributed by atoms with Gasteiger partial charge in [-0.25, -0.2) is 0 Å². The predicted molar refractivity (Wildman–Crippen MR) is 89.1 cm³/mol. The maximum atomic E-state index is 12.0. The third kappa shape index (κ3) is 6.48. The van der Waals surface area contributed by atoms with Crippen LogP contribution in [0, 0.1) is 0 Å². The van der Waals surface area contributed by atoms with Gasteiger partial charge in [0, 0.05) is 0 Å². The zero-order valence-corrected chi connectivity index (χ0v) is 14.0. The van der Waals surface area contributed by atoms with E-state index in [0.717, 1.165) is 5.56 Å². The molecule has 1 aromatic rings. The van der Waals surface area contributed by atoms with Crippen molar-refractivity contribution in [1.82, 2.24) is 10.6 Å². The number of hydrogen-bond donors (Lipinski definition) is 3. The Hall–Kier alpha value is -1.76. The van der Waals surface area contributed by atoms with Gasteiger partial charge in [0.15, 0.2) is 5.78 Å². The van der Waals surface area contributed by atoms with E-state index >= 15 is 0 Å². The van der Waals surface area contributed by atoms with Crippen molar-refractivity contribution in [3.8, 4) is 0 Å². The highest BCUT2D eigenvalue weighted by atomic mass is 35.5. The van der Waals surface area contributed by atoms with Crippen molar-refractivity contribution in [2.75, 3.05) is 5.88 Å². The summed E-state index contributed by atoms with van der Waals surface area (Å²) in [5.74, 6) is -1.47. The summed E-state index contributed by atoms with van der Waals surface area (Å²) >= 11 is 5.64. The van der Waals surface area contributed by atoms with Gasteiger partial charge in [0.05, 0.1) is 24.0 Å². The van der Waals surface area contributed by atoms with Crippen molar-refractivity contribution in [1.29, 1.82) is 0 Å². The van der Waals surface area contributed by atoms with E-state index in [-0.39, 0.29) is 11.7 Å². The number of nitrogens with two attached hydrogens (primary N) is 1. The second-order valence-corrected chi connectivity index (χ2v) is 5.64. The fraction of sp³-hybridized carbons (Fsp3) is 0.438. The number of halogens is 1. The van der Waals surface area contributed by atoms with E-state index in [4.69, 9.17) is 17.3 Å². The fourth-order valence-electron chi connectivity index (χ4n) is 1.93. The number of carbonyl (C=O) groups excluding carboxylic acids is 3. The Bertz CT molecular complexity index is 549. The van der Waals surface area contributed by atoms with E-state index < -0.39 is 29.9 Å². The molecule has 126 valence electrons. The van der Waals surface area contributed by atoms with Gasteiger partial charge in [-0.3, -0.25) is 25.0 Å². The summed E-state index contributed by atoms with van der Waals surface area (Å²) in [5.41, 5.74) is 6.35. The second-order valence-electron chi connectivity index (χ2n) is 5.37. The smallest absolute Gasteiger partial charge is 0.243 e. The van der Waals surface area contributed by atoms with Crippen molar-refractivity contribution in [2.45, 2.75) is 38.4 Å². The highest BCUT2D eigenvalue weighted by Gasteiger charge is 2.24. The maximum Gasteiger partial charge on any atom is 0.243 e. The van der Waals surface area contributed by atoms with E-state index in [1.54, 1.807) is 6.92 Å². The minimum atomic E-state index is -0.782. The molecule has 3 unspecified atom stereocenters. The van der Waals surface area contributed by atoms with Crippen LogP contribution in [0.5, 0.6) is 0 Å². The second kappa shape index (κ2) is 9.39. The molecule has 6 nitrogen and oxygen atoms in total. The molecule has 0 bridgehead atoms. The van der Waals surface area contributed by atoms with E-state index in [1.807, 2.05) is 30.3 Å². The molecule has 1 rings (SSSR count). The predicted octanol–water partition coefficient (Wildman–Crippen LogP) is 0.374. The molecule has 0 radical (unpaired) electrons. The van der Waals surface area contributed by atoms with Crippen LogP contribution < -0.4 is 16.4 Å². The Kier molecular flexibility index (Phi) is 7.88. The van der Waals surface area contributed by atoms with Gasteiger partial charge in [0.1, 0.15) is 0 Å². The van der Waals surface area contributed by atoms with Gasteiger partial charge in [-0.15, -0.1) is 11.6 Å². The highest BCUT2D eigenvalue weighted by Crippen LogP contribution is 2.06. The first-order valence-corrected chi connectivity index (χ1v) is 7.87. The molecule has 2 amide bonds. The summed E-state index contributed by atoms with van der Waals surface area (Å²) in [4.78, 5) is 35.4.